The van der Waals surface area contributed by atoms with Crippen LogP contribution in [-0.4, -0.2) is 5.97 Å². The fourth-order valence-corrected chi connectivity index (χ4v) is 2.22. The van der Waals surface area contributed by atoms with Crippen LogP contribution in [0.25, 0.3) is 0 Å². The number of para-hydroxylation sites is 1. The average Bonchev–Trinajstić information content (AvgIpc) is 2.15. The number of carbonyl (C=O) groups excluding carboxylic acids is 1. The van der Waals surface area contributed by atoms with E-state index in [2.05, 4.69) is 33.8 Å². The van der Waals surface area contributed by atoms with Gasteiger partial charge in [0, 0.05) is 11.0 Å². The Morgan fingerprint density at radius 1 is 1.25 bits per heavy atom. The van der Waals surface area contributed by atoms with Crippen molar-refractivity contribution in [3.63, 3.8) is 0 Å². The number of ether oxygens (including phenoxy) is 1. The molecule has 0 bridgehead atoms. The second-order valence-corrected chi connectivity index (χ2v) is 5.73. The minimum atomic E-state index is -0.154. The van der Waals surface area contributed by atoms with Gasteiger partial charge in [0.15, 0.2) is 0 Å². The Morgan fingerprint density at radius 2 is 1.88 bits per heavy atom. The van der Waals surface area contributed by atoms with Gasteiger partial charge in [0.1, 0.15) is 5.75 Å². The third-order valence-corrected chi connectivity index (χ3v) is 3.86. The van der Waals surface area contributed by atoms with Crippen LogP contribution in [0.4, 0.5) is 0 Å². The molecule has 2 nitrogen and oxygen atoms in total. The van der Waals surface area contributed by atoms with Crippen molar-refractivity contribution in [3.8, 4) is 5.75 Å². The van der Waals surface area contributed by atoms with Gasteiger partial charge in [-0.2, -0.15) is 0 Å². The molecule has 1 aliphatic rings. The highest BCUT2D eigenvalue weighted by molar-refractivity contribution is 5.78. The molecule has 0 fully saturated rings. The summed E-state index contributed by atoms with van der Waals surface area (Å²) in [6, 6.07) is 7.84. The first-order valence-electron chi connectivity index (χ1n) is 5.65. The summed E-state index contributed by atoms with van der Waals surface area (Å²) in [4.78, 5) is 11.7. The first-order chi connectivity index (χ1) is 7.34. The van der Waals surface area contributed by atoms with Gasteiger partial charge >= 0.3 is 5.97 Å². The summed E-state index contributed by atoms with van der Waals surface area (Å²) in [7, 11) is 0. The maximum absolute atomic E-state index is 11.7. The Labute approximate surface area is 96.6 Å². The molecule has 0 aliphatic carbocycles. The molecule has 0 spiro atoms. The fourth-order valence-electron chi connectivity index (χ4n) is 2.22. The summed E-state index contributed by atoms with van der Waals surface area (Å²) < 4.78 is 5.28. The lowest BCUT2D eigenvalue weighted by molar-refractivity contribution is -0.138. The third kappa shape index (κ3) is 1.53. The number of rotatable bonds is 0. The zero-order valence-corrected chi connectivity index (χ0v) is 10.3. The molecule has 0 saturated heterocycles. The molecule has 1 aliphatic heterocycles. The maximum atomic E-state index is 11.7. The van der Waals surface area contributed by atoms with E-state index in [-0.39, 0.29) is 16.8 Å². The van der Waals surface area contributed by atoms with E-state index in [1.807, 2.05) is 18.2 Å². The molecule has 16 heavy (non-hydrogen) atoms. The van der Waals surface area contributed by atoms with E-state index < -0.39 is 0 Å². The summed E-state index contributed by atoms with van der Waals surface area (Å²) in [5.74, 6) is 0.590. The minimum absolute atomic E-state index is 0.0303. The molecular formula is C14H18O2. The minimum Gasteiger partial charge on any atom is -0.426 e. The smallest absolute Gasteiger partial charge is 0.312 e. The quantitative estimate of drug-likeness (QED) is 0.493. The van der Waals surface area contributed by atoms with Crippen LogP contribution in [0.5, 0.6) is 5.75 Å². The normalized spacial score (nSPS) is 24.9. The number of benzene rings is 1. The van der Waals surface area contributed by atoms with E-state index in [0.717, 1.165) is 11.3 Å². The molecular weight excluding hydrogens is 200 g/mol. The van der Waals surface area contributed by atoms with Crippen molar-refractivity contribution in [1.82, 2.24) is 0 Å². The van der Waals surface area contributed by atoms with Crippen LogP contribution in [0.2, 0.25) is 0 Å². The lowest BCUT2D eigenvalue weighted by atomic mass is 9.61. The van der Waals surface area contributed by atoms with E-state index in [1.54, 1.807) is 0 Å². The molecule has 2 heteroatoms. The molecule has 1 atom stereocenters. The summed E-state index contributed by atoms with van der Waals surface area (Å²) in [5, 5.41) is 0. The first kappa shape index (κ1) is 11.2. The third-order valence-electron chi connectivity index (χ3n) is 3.86. The van der Waals surface area contributed by atoms with Gasteiger partial charge in [0.05, 0.1) is 6.42 Å². The first-order valence-corrected chi connectivity index (χ1v) is 5.65. The Bertz CT molecular complexity index is 429. The fraction of sp³-hybridized carbons (Fsp3) is 0.500. The zero-order chi connectivity index (χ0) is 12.0. The number of carbonyl (C=O) groups is 1. The molecule has 86 valence electrons. The number of esters is 1. The molecule has 0 N–H and O–H groups in total. The van der Waals surface area contributed by atoms with Crippen molar-refractivity contribution in [3.05, 3.63) is 29.8 Å². The van der Waals surface area contributed by atoms with E-state index >= 15 is 0 Å². The molecule has 1 heterocycles. The summed E-state index contributed by atoms with van der Waals surface area (Å²) in [5.41, 5.74) is 1.02. The van der Waals surface area contributed by atoms with Gasteiger partial charge in [0.25, 0.3) is 0 Å². The van der Waals surface area contributed by atoms with Crippen LogP contribution in [-0.2, 0) is 10.2 Å². The van der Waals surface area contributed by atoms with Crippen molar-refractivity contribution in [2.75, 3.05) is 0 Å². The molecule has 1 aromatic carbocycles. The molecule has 2 rings (SSSR count). The van der Waals surface area contributed by atoms with Crippen LogP contribution in [0, 0.1) is 5.41 Å². The number of hydrogen-bond acceptors (Lipinski definition) is 2. The molecule has 0 radical (unpaired) electrons. The van der Waals surface area contributed by atoms with Gasteiger partial charge < -0.3 is 4.74 Å². The SMILES string of the molecule is CC(C)(C)C1(C)CC(=O)Oc2ccccc21. The Kier molecular flexibility index (Phi) is 2.33. The second kappa shape index (κ2) is 3.34. The number of fused-ring (bicyclic) bond motifs is 1. The molecule has 0 aromatic heterocycles. The van der Waals surface area contributed by atoms with Crippen LogP contribution >= 0.6 is 0 Å². The Hall–Kier alpha value is -1.31. The second-order valence-electron chi connectivity index (χ2n) is 5.73. The zero-order valence-electron chi connectivity index (χ0n) is 10.3. The van der Waals surface area contributed by atoms with Crippen LogP contribution < -0.4 is 4.74 Å². The molecule has 1 aromatic rings. The Balaban J connectivity index is 2.61. The van der Waals surface area contributed by atoms with Crippen molar-refractivity contribution in [2.24, 2.45) is 5.41 Å². The lowest BCUT2D eigenvalue weighted by Gasteiger charge is -2.44. The van der Waals surface area contributed by atoms with Gasteiger partial charge in [-0.3, -0.25) is 4.79 Å². The summed E-state index contributed by atoms with van der Waals surface area (Å²) in [6.07, 6.45) is 0.452. The van der Waals surface area contributed by atoms with Crippen LogP contribution in [0.15, 0.2) is 24.3 Å². The predicted molar refractivity (Wildman–Crippen MR) is 63.5 cm³/mol. The summed E-state index contributed by atoms with van der Waals surface area (Å²) >= 11 is 0. The molecule has 0 amide bonds. The van der Waals surface area contributed by atoms with Crippen molar-refractivity contribution in [1.29, 1.82) is 0 Å². The van der Waals surface area contributed by atoms with Gasteiger partial charge in [0.2, 0.25) is 0 Å². The monoisotopic (exact) mass is 218 g/mol. The maximum Gasteiger partial charge on any atom is 0.312 e. The highest BCUT2D eigenvalue weighted by Crippen LogP contribution is 2.49. The van der Waals surface area contributed by atoms with E-state index in [9.17, 15) is 4.79 Å². The van der Waals surface area contributed by atoms with Gasteiger partial charge in [-0.05, 0) is 11.5 Å². The predicted octanol–water partition coefficient (Wildman–Crippen LogP) is 3.30. The van der Waals surface area contributed by atoms with Crippen molar-refractivity contribution < 1.29 is 9.53 Å². The topological polar surface area (TPSA) is 26.3 Å². The van der Waals surface area contributed by atoms with E-state index in [0.29, 0.717) is 6.42 Å². The standard InChI is InChI=1S/C14H18O2/c1-13(2,3)14(4)9-12(15)16-11-8-6-5-7-10(11)14/h5-8H,9H2,1-4H3. The number of hydrogen-bond donors (Lipinski definition) is 0. The molecule has 0 saturated carbocycles. The van der Waals surface area contributed by atoms with Gasteiger partial charge in [-0.15, -0.1) is 0 Å². The van der Waals surface area contributed by atoms with Crippen LogP contribution in [0.1, 0.15) is 39.7 Å². The highest BCUT2D eigenvalue weighted by atomic mass is 16.5. The average molecular weight is 218 g/mol. The highest BCUT2D eigenvalue weighted by Gasteiger charge is 2.45. The lowest BCUT2D eigenvalue weighted by Crippen LogP contribution is -2.43. The van der Waals surface area contributed by atoms with Crippen LogP contribution in [0.3, 0.4) is 0 Å². The van der Waals surface area contributed by atoms with Crippen molar-refractivity contribution >= 4 is 5.97 Å². The largest absolute Gasteiger partial charge is 0.426 e. The molecule has 1 unspecified atom stereocenters. The van der Waals surface area contributed by atoms with Crippen molar-refractivity contribution in [2.45, 2.75) is 39.5 Å². The van der Waals surface area contributed by atoms with E-state index in [4.69, 9.17) is 4.74 Å². The van der Waals surface area contributed by atoms with Gasteiger partial charge in [-0.1, -0.05) is 45.9 Å². The van der Waals surface area contributed by atoms with E-state index in [1.165, 1.54) is 0 Å². The Morgan fingerprint density at radius 3 is 2.50 bits per heavy atom. The van der Waals surface area contributed by atoms with Gasteiger partial charge in [-0.25, -0.2) is 0 Å². The summed E-state index contributed by atoms with van der Waals surface area (Å²) in [6.45, 7) is 8.65.